The van der Waals surface area contributed by atoms with E-state index in [9.17, 15) is 32.4 Å². The number of sulfonamides is 1. The molecule has 3 aliphatic carbocycles. The van der Waals surface area contributed by atoms with Gasteiger partial charge in [-0.05, 0) is 94.1 Å². The molecule has 14 heteroatoms. The van der Waals surface area contributed by atoms with Crippen molar-refractivity contribution in [2.45, 2.75) is 141 Å². The number of ether oxygens (including phenoxy) is 3. The van der Waals surface area contributed by atoms with Gasteiger partial charge in [-0.2, -0.15) is 0 Å². The minimum atomic E-state index is -4.21. The maximum atomic E-state index is 14.9. The van der Waals surface area contributed by atoms with Crippen molar-refractivity contribution in [2.75, 3.05) is 13.2 Å². The zero-order valence-electron chi connectivity index (χ0n) is 34.3. The Bertz CT molecular complexity index is 2120. The van der Waals surface area contributed by atoms with Crippen LogP contribution >= 0.6 is 0 Å². The number of H-pyrrole nitrogens is 1. The number of rotatable bonds is 9. The van der Waals surface area contributed by atoms with Crippen LogP contribution in [0.3, 0.4) is 0 Å². The van der Waals surface area contributed by atoms with Gasteiger partial charge in [-0.15, -0.1) is 6.58 Å². The van der Waals surface area contributed by atoms with E-state index in [1.807, 2.05) is 39.0 Å². The average molecular weight is 822 g/mol. The summed E-state index contributed by atoms with van der Waals surface area (Å²) in [7, 11) is -4.21. The number of aromatic amines is 1. The molecule has 0 spiro atoms. The summed E-state index contributed by atoms with van der Waals surface area (Å²) < 4.78 is 47.3. The van der Waals surface area contributed by atoms with Crippen molar-refractivity contribution < 1.29 is 41.8 Å². The number of carbonyl (C=O) groups excluding carboxylic acids is 4. The molecule has 2 N–H and O–H groups in total. The van der Waals surface area contributed by atoms with Crippen molar-refractivity contribution >= 4 is 44.5 Å². The Morgan fingerprint density at radius 2 is 1.79 bits per heavy atom. The molecule has 0 radical (unpaired) electrons. The van der Waals surface area contributed by atoms with Gasteiger partial charge in [-0.25, -0.2) is 8.42 Å². The van der Waals surface area contributed by atoms with Crippen molar-refractivity contribution in [1.29, 1.82) is 0 Å². The van der Waals surface area contributed by atoms with Gasteiger partial charge >= 0.3 is 5.97 Å². The number of allylic oxidation sites excluding steroid dienone is 1. The summed E-state index contributed by atoms with van der Waals surface area (Å²) in [5.41, 5.74) is -1.09. The smallest absolute Gasteiger partial charge is 0.306 e. The molecule has 7 atom stereocenters. The van der Waals surface area contributed by atoms with Crippen molar-refractivity contribution in [1.82, 2.24) is 14.6 Å². The number of aromatic nitrogens is 1. The summed E-state index contributed by atoms with van der Waals surface area (Å²) in [5.74, 6) is -2.84. The Balaban J connectivity index is 1.22. The van der Waals surface area contributed by atoms with Crippen LogP contribution in [0.1, 0.15) is 117 Å². The maximum Gasteiger partial charge on any atom is 0.306 e. The fraction of sp³-hybridized carbons (Fsp3) is 0.659. The first kappa shape index (κ1) is 42.1. The summed E-state index contributed by atoms with van der Waals surface area (Å²) in [6.45, 7) is 11.3. The molecule has 316 valence electrons. The number of esters is 1. The van der Waals surface area contributed by atoms with Crippen LogP contribution in [0.5, 0.6) is 5.88 Å². The van der Waals surface area contributed by atoms with Gasteiger partial charge in [-0.3, -0.25) is 28.7 Å². The van der Waals surface area contributed by atoms with Gasteiger partial charge in [0.05, 0.1) is 41.4 Å². The second kappa shape index (κ2) is 16.2. The third-order valence-electron chi connectivity index (χ3n) is 13.4. The summed E-state index contributed by atoms with van der Waals surface area (Å²) in [5, 5.41) is 0.549. The summed E-state index contributed by atoms with van der Waals surface area (Å²) >= 11 is 0. The van der Waals surface area contributed by atoms with E-state index in [0.717, 1.165) is 44.9 Å². The summed E-state index contributed by atoms with van der Waals surface area (Å²) in [4.78, 5) is 74.4. The number of nitrogens with zero attached hydrogens (tertiary/aromatic N) is 1. The first-order valence-corrected chi connectivity index (χ1v) is 22.7. The highest BCUT2D eigenvalue weighted by molar-refractivity contribution is 7.91. The zero-order chi connectivity index (χ0) is 41.6. The number of nitrogens with one attached hydrogen (secondary N) is 2. The lowest BCUT2D eigenvalue weighted by Gasteiger charge is -2.35. The summed E-state index contributed by atoms with van der Waals surface area (Å²) in [6, 6.07) is 6.19. The predicted molar refractivity (Wildman–Crippen MR) is 217 cm³/mol. The molecule has 4 fully saturated rings. The Hall–Kier alpha value is -4.04. The number of hydrogen-bond donors (Lipinski definition) is 2. The second-order valence-electron chi connectivity index (χ2n) is 18.4. The van der Waals surface area contributed by atoms with Crippen molar-refractivity contribution in [3.05, 3.63) is 52.7 Å². The van der Waals surface area contributed by atoms with Crippen LogP contribution in [-0.2, 0) is 45.1 Å². The lowest BCUT2D eigenvalue weighted by atomic mass is 9.77. The Kier molecular flexibility index (Phi) is 11.8. The van der Waals surface area contributed by atoms with Gasteiger partial charge in [0.2, 0.25) is 11.8 Å². The fourth-order valence-electron chi connectivity index (χ4n) is 9.69. The Morgan fingerprint density at radius 3 is 2.48 bits per heavy atom. The number of fused-ring (bicyclic) bond motifs is 5. The van der Waals surface area contributed by atoms with Crippen LogP contribution in [0.4, 0.5) is 0 Å². The predicted octanol–water partition coefficient (Wildman–Crippen LogP) is 5.88. The van der Waals surface area contributed by atoms with E-state index in [2.05, 4.69) is 16.3 Å². The van der Waals surface area contributed by atoms with Crippen LogP contribution < -0.4 is 14.9 Å². The van der Waals surface area contributed by atoms with Crippen molar-refractivity contribution in [3.8, 4) is 5.88 Å². The largest absolute Gasteiger partial charge is 0.473 e. The minimum Gasteiger partial charge on any atom is -0.473 e. The standard InChI is InChI=1S/C44H59N3O10S/c1-6-28-24-43(28,41(52)46-58(53,54)44(20-21-44)55-7-2)25-35(48)34-22-29-26-47(34)40(51)32(42(3,4)5)23-37(49)57-36-19-13-15-27(36)14-9-8-10-17-31-38(50)30-16-11-12-18-33(30)45-39(31)56-29/h6,11-12,16,18,27-29,32,34,36H,1,7-10,13-15,17,19-26H2,2-5H3,(H,45,50)(H,46,52)/t27-,28-,29-,32-,34+,36-,43-/m1/s1. The lowest BCUT2D eigenvalue weighted by molar-refractivity contribution is -0.158. The molecule has 2 aliphatic heterocycles. The number of Topliss-reactive ketones (excluding diaryl/α,β-unsaturated/α-hetero) is 1. The quantitative estimate of drug-likeness (QED) is 0.229. The fourth-order valence-corrected chi connectivity index (χ4v) is 11.2. The summed E-state index contributed by atoms with van der Waals surface area (Å²) in [6.07, 6.45) is 7.53. The molecular weight excluding hydrogens is 763 g/mol. The second-order valence-corrected chi connectivity index (χ2v) is 20.3. The third-order valence-corrected chi connectivity index (χ3v) is 15.4. The highest BCUT2D eigenvalue weighted by atomic mass is 32.2. The van der Waals surface area contributed by atoms with E-state index in [1.165, 1.54) is 4.90 Å². The molecule has 0 unspecified atom stereocenters. The molecule has 5 aliphatic rings. The topological polar surface area (TPSA) is 178 Å². The molecule has 13 nitrogen and oxygen atoms in total. The highest BCUT2D eigenvalue weighted by Gasteiger charge is 2.64. The minimum absolute atomic E-state index is 0.00873. The SMILES string of the molecule is C=C[C@@H]1C[C@]1(CC(=O)[C@@H]1C[C@@H]2CN1C(=O)[C@H](C(C)(C)C)CC(=O)O[C@@H]1CCC[C@H]1CCCCCc1c([nH]c3ccccc3c1=O)O2)C(=O)NS(=O)(=O)C1(OCC)CC1. The maximum absolute atomic E-state index is 14.9. The first-order chi connectivity index (χ1) is 27.5. The van der Waals surface area contributed by atoms with Gasteiger partial charge in [0.25, 0.3) is 10.0 Å². The number of hydrogen-bond acceptors (Lipinski definition) is 10. The first-order valence-electron chi connectivity index (χ1n) is 21.2. The number of amides is 2. The molecule has 2 amide bonds. The van der Waals surface area contributed by atoms with Crippen molar-refractivity contribution in [2.24, 2.45) is 28.6 Å². The van der Waals surface area contributed by atoms with Crippen LogP contribution in [0, 0.1) is 28.6 Å². The van der Waals surface area contributed by atoms with E-state index < -0.39 is 73.3 Å². The van der Waals surface area contributed by atoms with E-state index in [-0.39, 0.29) is 69.1 Å². The molecule has 2 bridgehead atoms. The van der Waals surface area contributed by atoms with Crippen LogP contribution in [0.2, 0.25) is 0 Å². The molecule has 3 saturated carbocycles. The molecule has 2 aromatic rings. The monoisotopic (exact) mass is 821 g/mol. The van der Waals surface area contributed by atoms with Gasteiger partial charge in [0.1, 0.15) is 12.2 Å². The molecule has 1 saturated heterocycles. The van der Waals surface area contributed by atoms with Crippen LogP contribution in [-0.4, -0.2) is 78.2 Å². The number of para-hydroxylation sites is 1. The Labute approximate surface area is 341 Å². The molecule has 3 heterocycles. The van der Waals surface area contributed by atoms with Gasteiger partial charge < -0.3 is 24.1 Å². The number of pyridine rings is 1. The van der Waals surface area contributed by atoms with E-state index in [1.54, 1.807) is 19.1 Å². The number of carbonyl (C=O) groups is 4. The zero-order valence-corrected chi connectivity index (χ0v) is 35.1. The average Bonchev–Trinajstić information content (AvgIpc) is 4.01. The number of ketones is 1. The van der Waals surface area contributed by atoms with Crippen LogP contribution in [0.15, 0.2) is 41.7 Å². The Morgan fingerprint density at radius 1 is 1.05 bits per heavy atom. The lowest BCUT2D eigenvalue weighted by Crippen LogP contribution is -2.49. The third kappa shape index (κ3) is 8.24. The molecule has 7 rings (SSSR count). The molecule has 1 aromatic carbocycles. The van der Waals surface area contributed by atoms with Gasteiger partial charge in [-0.1, -0.05) is 51.8 Å². The van der Waals surface area contributed by atoms with Crippen molar-refractivity contribution in [3.63, 3.8) is 0 Å². The van der Waals surface area contributed by atoms with Gasteiger partial charge in [0.15, 0.2) is 22.0 Å². The normalized spacial score (nSPS) is 30.2. The molecule has 58 heavy (non-hydrogen) atoms. The number of benzene rings is 1. The van der Waals surface area contributed by atoms with E-state index in [4.69, 9.17) is 14.2 Å². The highest BCUT2D eigenvalue weighted by Crippen LogP contribution is 2.57. The van der Waals surface area contributed by atoms with Gasteiger partial charge in [0, 0.05) is 24.8 Å². The molecular formula is C44H59N3O10S. The van der Waals surface area contributed by atoms with E-state index in [0.29, 0.717) is 28.8 Å². The molecule has 1 aromatic heterocycles. The van der Waals surface area contributed by atoms with E-state index >= 15 is 0 Å². The van der Waals surface area contributed by atoms with Crippen LogP contribution in [0.25, 0.3) is 10.9 Å².